The molecule has 1 aromatic carbocycles. The van der Waals surface area contributed by atoms with Crippen molar-refractivity contribution < 1.29 is 32.3 Å². The first-order valence-electron chi connectivity index (χ1n) is 18.9. The summed E-state index contributed by atoms with van der Waals surface area (Å²) >= 11 is 0. The molecule has 54 heavy (non-hydrogen) atoms. The summed E-state index contributed by atoms with van der Waals surface area (Å²) in [4.78, 5) is 48.4. The van der Waals surface area contributed by atoms with E-state index in [9.17, 15) is 23.2 Å². The first-order valence-corrected chi connectivity index (χ1v) is 18.9. The second kappa shape index (κ2) is 16.2. The van der Waals surface area contributed by atoms with E-state index in [1.807, 2.05) is 36.6 Å². The molecular weight excluding hydrogens is 699 g/mol. The molecule has 2 saturated heterocycles. The fourth-order valence-electron chi connectivity index (χ4n) is 8.01. The Kier molecular flexibility index (Phi) is 11.2. The second-order valence-electron chi connectivity index (χ2n) is 15.0. The number of ether oxygens (including phenoxy) is 1. The van der Waals surface area contributed by atoms with Gasteiger partial charge in [-0.25, -0.2) is 23.1 Å². The number of nitrogens with one attached hydrogen (secondary N) is 3. The molecule has 0 radical (unpaired) electrons. The highest BCUT2D eigenvalue weighted by atomic mass is 19.3. The van der Waals surface area contributed by atoms with Crippen LogP contribution >= 0.6 is 0 Å². The van der Waals surface area contributed by atoms with Gasteiger partial charge in [0.2, 0.25) is 11.8 Å². The number of amides is 3. The Hall–Kier alpha value is -4.98. The molecule has 11 nitrogen and oxygen atoms in total. The molecule has 3 N–H and O–H groups in total. The third-order valence-corrected chi connectivity index (χ3v) is 10.8. The Morgan fingerprint density at radius 2 is 1.72 bits per heavy atom. The number of likely N-dealkylation sites (tertiary alicyclic amines) is 1. The molecule has 3 aromatic heterocycles. The van der Waals surface area contributed by atoms with E-state index in [1.54, 1.807) is 18.3 Å². The molecule has 1 atom stereocenters. The Bertz CT molecular complexity index is 2000. The van der Waals surface area contributed by atoms with E-state index in [1.165, 1.54) is 18.2 Å². The van der Waals surface area contributed by atoms with Crippen LogP contribution in [0.1, 0.15) is 111 Å². The molecule has 3 aliphatic rings. The predicted molar refractivity (Wildman–Crippen MR) is 197 cm³/mol. The number of benzene rings is 1. The summed E-state index contributed by atoms with van der Waals surface area (Å²) in [5.41, 5.74) is 2.43. The maximum Gasteiger partial charge on any atom is 0.280 e. The van der Waals surface area contributed by atoms with E-state index in [0.29, 0.717) is 35.0 Å². The van der Waals surface area contributed by atoms with Gasteiger partial charge in [0.15, 0.2) is 0 Å². The van der Waals surface area contributed by atoms with Gasteiger partial charge in [0, 0.05) is 37.3 Å². The van der Waals surface area contributed by atoms with E-state index in [2.05, 4.69) is 25.8 Å². The number of hydrogen-bond donors (Lipinski definition) is 3. The zero-order valence-corrected chi connectivity index (χ0v) is 30.5. The summed E-state index contributed by atoms with van der Waals surface area (Å²) in [7, 11) is 0. The lowest BCUT2D eigenvalue weighted by Gasteiger charge is -2.36. The van der Waals surface area contributed by atoms with E-state index in [-0.39, 0.29) is 47.5 Å². The van der Waals surface area contributed by atoms with Crippen LogP contribution in [-0.2, 0) is 9.59 Å². The van der Waals surface area contributed by atoms with Crippen molar-refractivity contribution in [3.63, 3.8) is 0 Å². The Labute approximate surface area is 312 Å². The van der Waals surface area contributed by atoms with Crippen LogP contribution in [-0.4, -0.2) is 68.8 Å². The van der Waals surface area contributed by atoms with E-state index >= 15 is 4.39 Å². The van der Waals surface area contributed by atoms with Crippen LogP contribution in [0.15, 0.2) is 54.9 Å². The molecule has 1 unspecified atom stereocenters. The smallest absolute Gasteiger partial charge is 0.280 e. The number of rotatable bonds is 11. The molecule has 5 heterocycles. The van der Waals surface area contributed by atoms with Gasteiger partial charge in [-0.2, -0.15) is 0 Å². The van der Waals surface area contributed by atoms with Gasteiger partial charge in [-0.1, -0.05) is 18.2 Å². The molecule has 3 amide bonds. The van der Waals surface area contributed by atoms with Gasteiger partial charge in [0.1, 0.15) is 34.8 Å². The van der Waals surface area contributed by atoms with E-state index in [4.69, 9.17) is 9.72 Å². The Morgan fingerprint density at radius 1 is 0.963 bits per heavy atom. The van der Waals surface area contributed by atoms with Crippen LogP contribution < -0.4 is 20.7 Å². The van der Waals surface area contributed by atoms with Crippen molar-refractivity contribution in [1.82, 2.24) is 24.6 Å². The zero-order valence-electron chi connectivity index (χ0n) is 30.5. The number of alkyl halides is 2. The molecule has 2 aliphatic heterocycles. The van der Waals surface area contributed by atoms with Gasteiger partial charge in [-0.15, -0.1) is 0 Å². The lowest BCUT2D eigenvalue weighted by Crippen LogP contribution is -2.47. The summed E-state index contributed by atoms with van der Waals surface area (Å²) in [6.07, 6.45) is 7.09. The van der Waals surface area contributed by atoms with Crippen LogP contribution in [0, 0.1) is 11.7 Å². The number of halogens is 3. The third-order valence-electron chi connectivity index (χ3n) is 10.8. The van der Waals surface area contributed by atoms with Crippen LogP contribution in [0.3, 0.4) is 0 Å². The zero-order chi connectivity index (χ0) is 37.9. The number of piperidine rings is 2. The van der Waals surface area contributed by atoms with Crippen LogP contribution in [0.5, 0.6) is 5.75 Å². The quantitative estimate of drug-likeness (QED) is 0.137. The van der Waals surface area contributed by atoms with Crippen LogP contribution in [0.4, 0.5) is 24.7 Å². The average molecular weight is 746 g/mol. The largest absolute Gasteiger partial charge is 0.490 e. The molecule has 1 saturated carbocycles. The van der Waals surface area contributed by atoms with Gasteiger partial charge in [-0.3, -0.25) is 19.7 Å². The molecule has 7 rings (SSSR count). The molecule has 0 spiro atoms. The summed E-state index contributed by atoms with van der Waals surface area (Å²) in [6.45, 7) is 6.52. The van der Waals surface area contributed by atoms with Gasteiger partial charge in [-0.05, 0) is 107 Å². The van der Waals surface area contributed by atoms with Crippen molar-refractivity contribution in [2.75, 3.05) is 30.3 Å². The number of anilines is 2. The highest BCUT2D eigenvalue weighted by Gasteiger charge is 2.31. The second-order valence-corrected chi connectivity index (χ2v) is 15.0. The normalized spacial score (nSPS) is 21.4. The van der Waals surface area contributed by atoms with Gasteiger partial charge in [0.25, 0.3) is 12.3 Å². The number of nitrogens with zero attached hydrogens (tertiary/aromatic N) is 4. The number of carbonyl (C=O) groups is 3. The summed E-state index contributed by atoms with van der Waals surface area (Å²) in [5, 5.41) is 7.96. The number of imidazole rings is 1. The minimum atomic E-state index is -2.75. The number of imide groups is 1. The van der Waals surface area contributed by atoms with E-state index in [0.717, 1.165) is 63.9 Å². The van der Waals surface area contributed by atoms with Crippen molar-refractivity contribution in [3.05, 3.63) is 83.2 Å². The van der Waals surface area contributed by atoms with Crippen molar-refractivity contribution in [2.45, 2.75) is 95.6 Å². The number of aromatic nitrogens is 3. The molecule has 0 bridgehead atoms. The maximum atomic E-state index is 15.6. The average Bonchev–Trinajstić information content (AvgIpc) is 3.57. The highest BCUT2D eigenvalue weighted by Crippen LogP contribution is 2.38. The van der Waals surface area contributed by atoms with Gasteiger partial charge in [0.05, 0.1) is 23.0 Å². The summed E-state index contributed by atoms with van der Waals surface area (Å²) in [6, 6.07) is 10.5. The predicted octanol–water partition coefficient (Wildman–Crippen LogP) is 7.22. The molecule has 1 aliphatic carbocycles. The molecule has 3 fully saturated rings. The summed E-state index contributed by atoms with van der Waals surface area (Å²) < 4.78 is 49.8. The van der Waals surface area contributed by atoms with Crippen LogP contribution in [0.2, 0.25) is 0 Å². The van der Waals surface area contributed by atoms with Crippen molar-refractivity contribution >= 4 is 34.9 Å². The maximum absolute atomic E-state index is 15.6. The van der Waals surface area contributed by atoms with Crippen molar-refractivity contribution in [1.29, 1.82) is 0 Å². The lowest BCUT2D eigenvalue weighted by atomic mass is 9.80. The minimum absolute atomic E-state index is 0.0288. The monoisotopic (exact) mass is 745 g/mol. The number of hydrogen-bond acceptors (Lipinski definition) is 8. The van der Waals surface area contributed by atoms with Crippen LogP contribution in [0.25, 0.3) is 5.65 Å². The fraction of sp³-hybridized carbons (Fsp3) is 0.475. The first-order chi connectivity index (χ1) is 26.0. The highest BCUT2D eigenvalue weighted by molar-refractivity contribution is 6.06. The lowest BCUT2D eigenvalue weighted by molar-refractivity contribution is -0.133. The molecular formula is C40H46F3N7O4. The summed E-state index contributed by atoms with van der Waals surface area (Å²) in [5.74, 6) is -0.236. The number of pyridine rings is 2. The molecule has 14 heteroatoms. The standard InChI is InChI=1S/C40H46F3N7O4/c1-23(2)54-33-19-35-46-32(22-50(35)21-28(33)39(52)47-34-8-4-7-30(45-34)38(42)43)26-11-9-24(10-12-26)20-49-17-15-25(16-18-49)27-5-3-6-29(37(27)41)44-31-13-14-36(51)48-40(31)53/h3-8,19,21-26,31,38,44H,9-18,20H2,1-2H3,(H,45,47,52)(H,48,51,53). The first kappa shape index (κ1) is 37.3. The number of carbonyl (C=O) groups excluding carboxylic acids is 3. The SMILES string of the molecule is CC(C)Oc1cc2nc(C3CCC(CN4CCC(c5cccc(NC6CCC(=O)NC6=O)c5F)CC4)CC3)cn2cc1C(=O)Nc1cccc(C(F)F)n1. The fourth-order valence-corrected chi connectivity index (χ4v) is 8.01. The molecule has 286 valence electrons. The number of fused-ring (bicyclic) bond motifs is 1. The van der Waals surface area contributed by atoms with Crippen molar-refractivity contribution in [3.8, 4) is 5.75 Å². The van der Waals surface area contributed by atoms with E-state index < -0.39 is 30.0 Å². The van der Waals surface area contributed by atoms with Gasteiger partial charge < -0.3 is 24.7 Å². The Balaban J connectivity index is 0.935. The topological polar surface area (TPSA) is 130 Å². The third kappa shape index (κ3) is 8.53. The molecule has 4 aromatic rings. The Morgan fingerprint density at radius 3 is 2.44 bits per heavy atom. The van der Waals surface area contributed by atoms with Crippen molar-refractivity contribution in [2.24, 2.45) is 5.92 Å². The minimum Gasteiger partial charge on any atom is -0.490 e. The van der Waals surface area contributed by atoms with Gasteiger partial charge >= 0.3 is 0 Å².